The number of rotatable bonds is 8. The van der Waals surface area contributed by atoms with Crippen LogP contribution < -0.4 is 5.32 Å². The second kappa shape index (κ2) is 10.3. The van der Waals surface area contributed by atoms with Gasteiger partial charge in [0.15, 0.2) is 0 Å². The van der Waals surface area contributed by atoms with Gasteiger partial charge in [0.25, 0.3) is 0 Å². The zero-order chi connectivity index (χ0) is 18.1. The zero-order valence-corrected chi connectivity index (χ0v) is 15.5. The van der Waals surface area contributed by atoms with Crippen molar-refractivity contribution in [2.45, 2.75) is 24.7 Å². The van der Waals surface area contributed by atoms with Crippen LogP contribution >= 0.6 is 11.8 Å². The molecule has 1 fully saturated rings. The molecule has 0 bridgehead atoms. The van der Waals surface area contributed by atoms with Gasteiger partial charge in [-0.05, 0) is 38.4 Å². The van der Waals surface area contributed by atoms with Crippen LogP contribution in [-0.4, -0.2) is 48.8 Å². The number of carbonyl (C=O) groups excluding carboxylic acids is 2. The molecular formula is C19H26N2O3S. The number of ether oxygens (including phenoxy) is 1. The van der Waals surface area contributed by atoms with Gasteiger partial charge in [-0.15, -0.1) is 18.3 Å². The summed E-state index contributed by atoms with van der Waals surface area (Å²) in [6.07, 6.45) is 3.58. The molecule has 1 heterocycles. The van der Waals surface area contributed by atoms with Gasteiger partial charge in [0.05, 0.1) is 24.8 Å². The summed E-state index contributed by atoms with van der Waals surface area (Å²) >= 11 is 1.64. The Balaban J connectivity index is 1.89. The number of anilines is 1. The molecule has 1 aromatic rings. The number of nitrogens with zero attached hydrogens (tertiary/aromatic N) is 1. The average molecular weight is 362 g/mol. The SMILES string of the molecule is C=CCSc1ccccc1NC(=O)CN1CCC[C@H](C(=O)OCC)C1. The Hall–Kier alpha value is -1.79. The largest absolute Gasteiger partial charge is 0.466 e. The molecule has 0 radical (unpaired) electrons. The number of hydrogen-bond acceptors (Lipinski definition) is 5. The van der Waals surface area contributed by atoms with Crippen LogP contribution in [0, 0.1) is 5.92 Å². The molecule has 25 heavy (non-hydrogen) atoms. The minimum absolute atomic E-state index is 0.0591. The van der Waals surface area contributed by atoms with Crippen LogP contribution in [0.2, 0.25) is 0 Å². The summed E-state index contributed by atoms with van der Waals surface area (Å²) in [6.45, 7) is 7.64. The number of esters is 1. The lowest BCUT2D eigenvalue weighted by molar-refractivity contribution is -0.150. The van der Waals surface area contributed by atoms with Gasteiger partial charge >= 0.3 is 5.97 Å². The van der Waals surface area contributed by atoms with E-state index in [0.29, 0.717) is 13.2 Å². The molecule has 1 aromatic carbocycles. The Labute approximate surface area is 153 Å². The first-order valence-corrected chi connectivity index (χ1v) is 9.64. The van der Waals surface area contributed by atoms with Crippen molar-refractivity contribution in [3.05, 3.63) is 36.9 Å². The van der Waals surface area contributed by atoms with Crippen molar-refractivity contribution in [1.29, 1.82) is 0 Å². The Morgan fingerprint density at radius 2 is 2.24 bits per heavy atom. The zero-order valence-electron chi connectivity index (χ0n) is 14.7. The van der Waals surface area contributed by atoms with Crippen LogP contribution in [-0.2, 0) is 14.3 Å². The fraction of sp³-hybridized carbons (Fsp3) is 0.474. The number of piperidine rings is 1. The molecule has 1 aliphatic rings. The standard InChI is InChI=1S/C19H26N2O3S/c1-3-12-25-17-10-6-5-9-16(17)20-18(22)14-21-11-7-8-15(13-21)19(23)24-4-2/h3,5-6,9-10,15H,1,4,7-8,11-14H2,2H3,(H,20,22)/t15-/m0/s1. The number of nitrogens with one attached hydrogen (secondary N) is 1. The number of amides is 1. The van der Waals surface area contributed by atoms with E-state index in [-0.39, 0.29) is 24.3 Å². The quantitative estimate of drug-likeness (QED) is 0.437. The minimum atomic E-state index is -0.154. The smallest absolute Gasteiger partial charge is 0.310 e. The van der Waals surface area contributed by atoms with E-state index in [1.807, 2.05) is 42.2 Å². The van der Waals surface area contributed by atoms with E-state index in [4.69, 9.17) is 4.74 Å². The van der Waals surface area contributed by atoms with Crippen molar-refractivity contribution in [2.75, 3.05) is 37.3 Å². The van der Waals surface area contributed by atoms with Gasteiger partial charge in [0, 0.05) is 17.2 Å². The van der Waals surface area contributed by atoms with Gasteiger partial charge in [0.2, 0.25) is 5.91 Å². The number of carbonyl (C=O) groups is 2. The van der Waals surface area contributed by atoms with E-state index in [9.17, 15) is 9.59 Å². The number of benzene rings is 1. The summed E-state index contributed by atoms with van der Waals surface area (Å²) in [5.41, 5.74) is 0.818. The second-order valence-corrected chi connectivity index (χ2v) is 7.03. The molecule has 2 rings (SSSR count). The Kier molecular flexibility index (Phi) is 8.01. The van der Waals surface area contributed by atoms with Crippen molar-refractivity contribution in [3.63, 3.8) is 0 Å². The maximum absolute atomic E-state index is 12.4. The molecule has 1 atom stereocenters. The van der Waals surface area contributed by atoms with Crippen LogP contribution in [0.15, 0.2) is 41.8 Å². The maximum atomic E-state index is 12.4. The molecule has 0 saturated carbocycles. The molecule has 0 unspecified atom stereocenters. The predicted octanol–water partition coefficient (Wildman–Crippen LogP) is 3.18. The number of thioether (sulfide) groups is 1. The third-order valence-electron chi connectivity index (χ3n) is 4.01. The number of hydrogen-bond donors (Lipinski definition) is 1. The first kappa shape index (κ1) is 19.5. The molecule has 1 saturated heterocycles. The highest BCUT2D eigenvalue weighted by molar-refractivity contribution is 7.99. The van der Waals surface area contributed by atoms with Gasteiger partial charge in [0.1, 0.15) is 0 Å². The van der Waals surface area contributed by atoms with Crippen LogP contribution in [0.3, 0.4) is 0 Å². The normalized spacial score (nSPS) is 17.7. The molecular weight excluding hydrogens is 336 g/mol. The van der Waals surface area contributed by atoms with Gasteiger partial charge in [-0.2, -0.15) is 0 Å². The van der Waals surface area contributed by atoms with Crippen LogP contribution in [0.1, 0.15) is 19.8 Å². The Morgan fingerprint density at radius 3 is 3.00 bits per heavy atom. The van der Waals surface area contributed by atoms with Crippen LogP contribution in [0.25, 0.3) is 0 Å². The fourth-order valence-electron chi connectivity index (χ4n) is 2.89. The molecule has 1 aliphatic heterocycles. The highest BCUT2D eigenvalue weighted by Crippen LogP contribution is 2.27. The molecule has 136 valence electrons. The predicted molar refractivity (Wildman–Crippen MR) is 102 cm³/mol. The summed E-state index contributed by atoms with van der Waals surface area (Å²) in [6, 6.07) is 7.75. The van der Waals surface area contributed by atoms with Crippen molar-refractivity contribution < 1.29 is 14.3 Å². The third kappa shape index (κ3) is 6.21. The van der Waals surface area contributed by atoms with E-state index in [0.717, 1.165) is 35.7 Å². The molecule has 5 nitrogen and oxygen atoms in total. The fourth-order valence-corrected chi connectivity index (χ4v) is 3.64. The maximum Gasteiger partial charge on any atom is 0.310 e. The van der Waals surface area contributed by atoms with Gasteiger partial charge < -0.3 is 10.1 Å². The molecule has 0 aromatic heterocycles. The molecule has 0 spiro atoms. The summed E-state index contributed by atoms with van der Waals surface area (Å²) < 4.78 is 5.11. The molecule has 1 amide bonds. The van der Waals surface area contributed by atoms with E-state index < -0.39 is 0 Å². The summed E-state index contributed by atoms with van der Waals surface area (Å²) in [5, 5.41) is 2.98. The first-order valence-electron chi connectivity index (χ1n) is 8.65. The first-order chi connectivity index (χ1) is 12.1. The van der Waals surface area contributed by atoms with E-state index in [1.54, 1.807) is 11.8 Å². The lowest BCUT2D eigenvalue weighted by Crippen LogP contribution is -2.43. The van der Waals surface area contributed by atoms with Gasteiger partial charge in [-0.1, -0.05) is 18.2 Å². The lowest BCUT2D eigenvalue weighted by atomic mass is 9.98. The van der Waals surface area contributed by atoms with Crippen LogP contribution in [0.5, 0.6) is 0 Å². The lowest BCUT2D eigenvalue weighted by Gasteiger charge is -2.30. The van der Waals surface area contributed by atoms with E-state index in [1.165, 1.54) is 0 Å². The van der Waals surface area contributed by atoms with E-state index >= 15 is 0 Å². The molecule has 0 aliphatic carbocycles. The summed E-state index contributed by atoms with van der Waals surface area (Å²) in [7, 11) is 0. The van der Waals surface area contributed by atoms with Crippen molar-refractivity contribution >= 4 is 29.3 Å². The van der Waals surface area contributed by atoms with Gasteiger partial charge in [-0.25, -0.2) is 0 Å². The third-order valence-corrected chi connectivity index (χ3v) is 5.08. The van der Waals surface area contributed by atoms with Crippen molar-refractivity contribution in [2.24, 2.45) is 5.92 Å². The summed E-state index contributed by atoms with van der Waals surface area (Å²) in [4.78, 5) is 27.4. The monoisotopic (exact) mass is 362 g/mol. The minimum Gasteiger partial charge on any atom is -0.466 e. The molecule has 6 heteroatoms. The number of likely N-dealkylation sites (tertiary alicyclic amines) is 1. The van der Waals surface area contributed by atoms with E-state index in [2.05, 4.69) is 11.9 Å². The van der Waals surface area contributed by atoms with Crippen LogP contribution in [0.4, 0.5) is 5.69 Å². The van der Waals surface area contributed by atoms with Crippen molar-refractivity contribution in [3.8, 4) is 0 Å². The van der Waals surface area contributed by atoms with Gasteiger partial charge in [-0.3, -0.25) is 14.5 Å². The highest BCUT2D eigenvalue weighted by Gasteiger charge is 2.27. The number of para-hydroxylation sites is 1. The topological polar surface area (TPSA) is 58.6 Å². The summed E-state index contributed by atoms with van der Waals surface area (Å²) in [5.74, 6) is 0.451. The van der Waals surface area contributed by atoms with Crippen molar-refractivity contribution in [1.82, 2.24) is 4.90 Å². The Morgan fingerprint density at radius 1 is 1.44 bits per heavy atom. The highest BCUT2D eigenvalue weighted by atomic mass is 32.2. The molecule has 1 N–H and O–H groups in total. The Bertz CT molecular complexity index is 606. The average Bonchev–Trinajstić information content (AvgIpc) is 2.61. The second-order valence-electron chi connectivity index (χ2n) is 5.97.